The number of aromatic nitrogens is 2. The molecule has 2 rings (SSSR count). The Morgan fingerprint density at radius 3 is 2.44 bits per heavy atom. The van der Waals surface area contributed by atoms with Crippen molar-refractivity contribution in [2.75, 3.05) is 0 Å². The van der Waals surface area contributed by atoms with Gasteiger partial charge in [0, 0.05) is 5.56 Å². The van der Waals surface area contributed by atoms with Gasteiger partial charge in [-0.05, 0) is 46.9 Å². The van der Waals surface area contributed by atoms with Crippen LogP contribution in [-0.4, -0.2) is 16.8 Å². The van der Waals surface area contributed by atoms with Crippen molar-refractivity contribution in [1.82, 2.24) is 10.2 Å². The summed E-state index contributed by atoms with van der Waals surface area (Å²) in [6, 6.07) is 6.40. The normalized spacial score (nSPS) is 10.8. The molecule has 0 saturated heterocycles. The lowest BCUT2D eigenvalue weighted by Gasteiger charge is -2.04. The molecule has 0 unspecified atom stereocenters. The van der Waals surface area contributed by atoms with Crippen LogP contribution in [0.15, 0.2) is 30.5 Å². The summed E-state index contributed by atoms with van der Waals surface area (Å²) < 4.78 is 29.1. The fourth-order valence-electron chi connectivity index (χ4n) is 1.28. The van der Waals surface area contributed by atoms with Gasteiger partial charge in [-0.15, -0.1) is 0 Å². The molecule has 0 aliphatic rings. The first-order valence-electron chi connectivity index (χ1n) is 4.41. The molecule has 16 heavy (non-hydrogen) atoms. The van der Waals surface area contributed by atoms with Gasteiger partial charge in [0.1, 0.15) is 5.75 Å². The summed E-state index contributed by atoms with van der Waals surface area (Å²) in [6.07, 6.45) is 1.69. The van der Waals surface area contributed by atoms with Gasteiger partial charge in [0.2, 0.25) is 0 Å². The second kappa shape index (κ2) is 4.77. The van der Waals surface area contributed by atoms with Crippen molar-refractivity contribution in [1.29, 1.82) is 0 Å². The standard InChI is InChI=1S/C10H7F2IN2O/c11-10(12)16-7-3-1-6(2-4-7)9-8(13)5-14-15-9/h1-5,10H,(H,14,15). The predicted octanol–water partition coefficient (Wildman–Crippen LogP) is 3.28. The van der Waals surface area contributed by atoms with E-state index in [0.717, 1.165) is 14.8 Å². The molecule has 1 N–H and O–H groups in total. The zero-order valence-corrected chi connectivity index (χ0v) is 10.1. The van der Waals surface area contributed by atoms with Crippen LogP contribution in [0, 0.1) is 3.57 Å². The molecule has 0 radical (unpaired) electrons. The lowest BCUT2D eigenvalue weighted by atomic mass is 10.1. The number of nitrogens with zero attached hydrogens (tertiary/aromatic N) is 1. The molecule has 0 atom stereocenters. The molecule has 1 aromatic heterocycles. The van der Waals surface area contributed by atoms with Gasteiger partial charge >= 0.3 is 6.61 Å². The van der Waals surface area contributed by atoms with Gasteiger partial charge in [0.15, 0.2) is 0 Å². The monoisotopic (exact) mass is 336 g/mol. The Balaban J connectivity index is 2.23. The molecule has 0 aliphatic heterocycles. The van der Waals surface area contributed by atoms with Gasteiger partial charge in [-0.25, -0.2) is 0 Å². The van der Waals surface area contributed by atoms with E-state index in [0.29, 0.717) is 0 Å². The van der Waals surface area contributed by atoms with Gasteiger partial charge in [0.25, 0.3) is 0 Å². The molecule has 84 valence electrons. The second-order valence-electron chi connectivity index (χ2n) is 3.00. The molecule has 6 heteroatoms. The van der Waals surface area contributed by atoms with E-state index in [2.05, 4.69) is 37.5 Å². The molecule has 0 saturated carbocycles. The zero-order chi connectivity index (χ0) is 11.5. The molecule has 0 spiro atoms. The third kappa shape index (κ3) is 2.49. The summed E-state index contributed by atoms with van der Waals surface area (Å²) in [4.78, 5) is 0. The van der Waals surface area contributed by atoms with E-state index < -0.39 is 6.61 Å². The number of H-pyrrole nitrogens is 1. The Labute approximate surface area is 104 Å². The molecule has 2 aromatic rings. The topological polar surface area (TPSA) is 37.9 Å². The van der Waals surface area contributed by atoms with E-state index >= 15 is 0 Å². The molecule has 1 aromatic carbocycles. The van der Waals surface area contributed by atoms with Crippen LogP contribution in [0.5, 0.6) is 5.75 Å². The van der Waals surface area contributed by atoms with Gasteiger partial charge in [0.05, 0.1) is 15.5 Å². The summed E-state index contributed by atoms with van der Waals surface area (Å²) in [5, 5.41) is 6.72. The minimum Gasteiger partial charge on any atom is -0.435 e. The number of hydrogen-bond donors (Lipinski definition) is 1. The number of ether oxygens (including phenoxy) is 1. The summed E-state index contributed by atoms with van der Waals surface area (Å²) in [5.74, 6) is 0.147. The SMILES string of the molecule is FC(F)Oc1ccc(-c2[nH]ncc2I)cc1. The molecular formula is C10H7F2IN2O. The van der Waals surface area contributed by atoms with E-state index in [-0.39, 0.29) is 5.75 Å². The Morgan fingerprint density at radius 2 is 1.94 bits per heavy atom. The minimum absolute atomic E-state index is 0.147. The largest absolute Gasteiger partial charge is 0.435 e. The lowest BCUT2D eigenvalue weighted by Crippen LogP contribution is -2.01. The summed E-state index contributed by atoms with van der Waals surface area (Å²) in [5.41, 5.74) is 1.74. The Morgan fingerprint density at radius 1 is 1.25 bits per heavy atom. The first-order valence-corrected chi connectivity index (χ1v) is 5.49. The molecule has 0 bridgehead atoms. The van der Waals surface area contributed by atoms with E-state index in [4.69, 9.17) is 0 Å². The fourth-order valence-corrected chi connectivity index (χ4v) is 1.85. The first-order chi connectivity index (χ1) is 7.66. The quantitative estimate of drug-likeness (QED) is 0.874. The first kappa shape index (κ1) is 11.3. The molecule has 1 heterocycles. The molecular weight excluding hydrogens is 329 g/mol. The predicted molar refractivity (Wildman–Crippen MR) is 63.4 cm³/mol. The van der Waals surface area contributed by atoms with Gasteiger partial charge in [-0.2, -0.15) is 13.9 Å². The average Bonchev–Trinajstić information content (AvgIpc) is 2.65. The Kier molecular flexibility index (Phi) is 3.37. The second-order valence-corrected chi connectivity index (χ2v) is 4.16. The van der Waals surface area contributed by atoms with Crippen LogP contribution in [0.25, 0.3) is 11.3 Å². The van der Waals surface area contributed by atoms with Crippen LogP contribution in [0.1, 0.15) is 0 Å². The van der Waals surface area contributed by atoms with Crippen molar-refractivity contribution < 1.29 is 13.5 Å². The van der Waals surface area contributed by atoms with Crippen molar-refractivity contribution in [3.05, 3.63) is 34.0 Å². The van der Waals surface area contributed by atoms with Crippen LogP contribution >= 0.6 is 22.6 Å². The van der Waals surface area contributed by atoms with Crippen molar-refractivity contribution >= 4 is 22.6 Å². The molecule has 3 nitrogen and oxygen atoms in total. The highest BCUT2D eigenvalue weighted by atomic mass is 127. The number of rotatable bonds is 3. The Hall–Kier alpha value is -1.18. The number of alkyl halides is 2. The van der Waals surface area contributed by atoms with Crippen LogP contribution in [-0.2, 0) is 0 Å². The van der Waals surface area contributed by atoms with Crippen molar-refractivity contribution in [3.8, 4) is 17.0 Å². The third-order valence-corrected chi connectivity index (χ3v) is 2.78. The lowest BCUT2D eigenvalue weighted by molar-refractivity contribution is -0.0498. The maximum Gasteiger partial charge on any atom is 0.387 e. The van der Waals surface area contributed by atoms with E-state index in [1.165, 1.54) is 12.1 Å². The zero-order valence-electron chi connectivity index (χ0n) is 7.95. The maximum atomic E-state index is 11.9. The van der Waals surface area contributed by atoms with Crippen LogP contribution < -0.4 is 4.74 Å². The van der Waals surface area contributed by atoms with Crippen molar-refractivity contribution in [2.45, 2.75) is 6.61 Å². The number of benzene rings is 1. The maximum absolute atomic E-state index is 11.9. The highest BCUT2D eigenvalue weighted by Crippen LogP contribution is 2.25. The van der Waals surface area contributed by atoms with Crippen LogP contribution in [0.4, 0.5) is 8.78 Å². The summed E-state index contributed by atoms with van der Waals surface area (Å²) in [7, 11) is 0. The fraction of sp³-hybridized carbons (Fsp3) is 0.100. The van der Waals surface area contributed by atoms with E-state index in [9.17, 15) is 8.78 Å². The van der Waals surface area contributed by atoms with E-state index in [1.54, 1.807) is 18.3 Å². The van der Waals surface area contributed by atoms with E-state index in [1.807, 2.05) is 0 Å². The summed E-state index contributed by atoms with van der Waals surface area (Å²) >= 11 is 2.14. The van der Waals surface area contributed by atoms with Gasteiger partial charge in [-0.1, -0.05) is 0 Å². The number of aromatic amines is 1. The molecule has 0 fully saturated rings. The van der Waals surface area contributed by atoms with Crippen LogP contribution in [0.3, 0.4) is 0 Å². The number of halogens is 3. The Bertz CT molecular complexity index is 470. The average molecular weight is 336 g/mol. The minimum atomic E-state index is -2.79. The smallest absolute Gasteiger partial charge is 0.387 e. The van der Waals surface area contributed by atoms with Crippen molar-refractivity contribution in [3.63, 3.8) is 0 Å². The van der Waals surface area contributed by atoms with Crippen LogP contribution in [0.2, 0.25) is 0 Å². The molecule has 0 amide bonds. The summed E-state index contributed by atoms with van der Waals surface area (Å²) in [6.45, 7) is -2.79. The number of nitrogens with one attached hydrogen (secondary N) is 1. The highest BCUT2D eigenvalue weighted by molar-refractivity contribution is 14.1. The van der Waals surface area contributed by atoms with Gasteiger partial charge < -0.3 is 4.74 Å². The highest BCUT2D eigenvalue weighted by Gasteiger charge is 2.07. The third-order valence-electron chi connectivity index (χ3n) is 1.96. The van der Waals surface area contributed by atoms with Gasteiger partial charge in [-0.3, -0.25) is 5.10 Å². The van der Waals surface area contributed by atoms with Crippen molar-refractivity contribution in [2.24, 2.45) is 0 Å². The molecule has 0 aliphatic carbocycles. The number of hydrogen-bond acceptors (Lipinski definition) is 2.